The molecule has 2 N–H and O–H groups in total. The molecule has 134 valence electrons. The lowest BCUT2D eigenvalue weighted by molar-refractivity contribution is -0.131. The Morgan fingerprint density at radius 2 is 2.00 bits per heavy atom. The Morgan fingerprint density at radius 1 is 1.24 bits per heavy atom. The van der Waals surface area contributed by atoms with E-state index in [2.05, 4.69) is 35.8 Å². The molecule has 1 aromatic carbocycles. The van der Waals surface area contributed by atoms with Gasteiger partial charge in [-0.05, 0) is 55.2 Å². The smallest absolute Gasteiger partial charge is 0.322 e. The second-order valence-electron chi connectivity index (χ2n) is 7.79. The van der Waals surface area contributed by atoms with E-state index < -0.39 is 5.54 Å². The minimum Gasteiger partial charge on any atom is -0.381 e. The number of amides is 3. The average molecular weight is 342 g/mol. The number of urea groups is 1. The number of hydrogen-bond acceptors (Lipinski definition) is 3. The van der Waals surface area contributed by atoms with Crippen LogP contribution >= 0.6 is 0 Å². The quantitative estimate of drug-likeness (QED) is 0.830. The SMILES string of the molecule is CCCc1ccc2c(c1)C1(NC(=O)NC1=O)[C@]1(CC[C@H](OC)CC1)C2. The molecule has 1 heterocycles. The summed E-state index contributed by atoms with van der Waals surface area (Å²) in [7, 11) is 1.75. The van der Waals surface area contributed by atoms with E-state index in [0.717, 1.165) is 50.5 Å². The van der Waals surface area contributed by atoms with Crippen LogP contribution in [0.5, 0.6) is 0 Å². The maximum atomic E-state index is 13.0. The first-order valence-electron chi connectivity index (χ1n) is 9.33. The Bertz CT molecular complexity index is 722. The zero-order valence-electron chi connectivity index (χ0n) is 15.0. The monoisotopic (exact) mass is 342 g/mol. The fourth-order valence-corrected chi connectivity index (χ4v) is 5.30. The zero-order valence-corrected chi connectivity index (χ0v) is 15.0. The number of benzene rings is 1. The first-order chi connectivity index (χ1) is 12.0. The summed E-state index contributed by atoms with van der Waals surface area (Å²) in [5.74, 6) is -0.180. The summed E-state index contributed by atoms with van der Waals surface area (Å²) in [6.45, 7) is 2.15. The lowest BCUT2D eigenvalue weighted by Gasteiger charge is -2.46. The third kappa shape index (κ3) is 2.25. The van der Waals surface area contributed by atoms with Crippen LogP contribution in [0.3, 0.4) is 0 Å². The largest absolute Gasteiger partial charge is 0.381 e. The summed E-state index contributed by atoms with van der Waals surface area (Å²) in [5, 5.41) is 5.58. The molecule has 1 aliphatic heterocycles. The molecule has 1 aromatic rings. The van der Waals surface area contributed by atoms with Crippen molar-refractivity contribution in [2.45, 2.75) is 63.5 Å². The number of aryl methyl sites for hydroxylation is 1. The van der Waals surface area contributed by atoms with Crippen molar-refractivity contribution < 1.29 is 14.3 Å². The average Bonchev–Trinajstić information content (AvgIpc) is 3.05. The van der Waals surface area contributed by atoms with Gasteiger partial charge in [-0.1, -0.05) is 31.5 Å². The van der Waals surface area contributed by atoms with Crippen molar-refractivity contribution in [3.63, 3.8) is 0 Å². The molecular formula is C20H26N2O3. The normalized spacial score (nSPS) is 33.6. The van der Waals surface area contributed by atoms with E-state index in [1.54, 1.807) is 7.11 Å². The van der Waals surface area contributed by atoms with Gasteiger partial charge in [0.15, 0.2) is 5.54 Å². The van der Waals surface area contributed by atoms with Crippen LogP contribution in [0.15, 0.2) is 18.2 Å². The van der Waals surface area contributed by atoms with Gasteiger partial charge in [0.25, 0.3) is 5.91 Å². The van der Waals surface area contributed by atoms with Crippen LogP contribution in [0, 0.1) is 5.41 Å². The van der Waals surface area contributed by atoms with E-state index in [1.165, 1.54) is 11.1 Å². The van der Waals surface area contributed by atoms with Crippen molar-refractivity contribution in [3.8, 4) is 0 Å². The molecule has 4 rings (SSSR count). The zero-order chi connectivity index (χ0) is 17.7. The fourth-order valence-electron chi connectivity index (χ4n) is 5.30. The molecular weight excluding hydrogens is 316 g/mol. The Kier molecular flexibility index (Phi) is 3.87. The van der Waals surface area contributed by atoms with Gasteiger partial charge in [-0.2, -0.15) is 0 Å². The van der Waals surface area contributed by atoms with Gasteiger partial charge in [0.2, 0.25) is 0 Å². The van der Waals surface area contributed by atoms with Crippen molar-refractivity contribution >= 4 is 11.9 Å². The predicted octanol–water partition coefficient (Wildman–Crippen LogP) is 2.81. The molecule has 1 saturated heterocycles. The molecule has 0 aromatic heterocycles. The van der Waals surface area contributed by atoms with Gasteiger partial charge >= 0.3 is 6.03 Å². The van der Waals surface area contributed by atoms with Gasteiger partial charge in [0.05, 0.1) is 6.10 Å². The summed E-state index contributed by atoms with van der Waals surface area (Å²) in [6, 6.07) is 6.12. The summed E-state index contributed by atoms with van der Waals surface area (Å²) in [4.78, 5) is 25.2. The van der Waals surface area contributed by atoms with Gasteiger partial charge in [-0.15, -0.1) is 0 Å². The van der Waals surface area contributed by atoms with Crippen LogP contribution in [0.25, 0.3) is 0 Å². The summed E-state index contributed by atoms with van der Waals surface area (Å²) in [6.07, 6.45) is 6.77. The van der Waals surface area contributed by atoms with E-state index in [0.29, 0.717) is 0 Å². The number of nitrogens with one attached hydrogen (secondary N) is 2. The molecule has 2 fully saturated rings. The molecule has 1 atom stereocenters. The van der Waals surface area contributed by atoms with Crippen molar-refractivity contribution in [2.75, 3.05) is 7.11 Å². The Balaban J connectivity index is 1.82. The minimum atomic E-state index is -0.915. The summed E-state index contributed by atoms with van der Waals surface area (Å²) >= 11 is 0. The number of methoxy groups -OCH3 is 1. The third-order valence-corrected chi connectivity index (χ3v) is 6.53. The number of ether oxygens (including phenoxy) is 1. The Labute approximate surface area is 148 Å². The highest BCUT2D eigenvalue weighted by Gasteiger charge is 2.66. The number of imide groups is 1. The van der Waals surface area contributed by atoms with E-state index in [4.69, 9.17) is 4.74 Å². The second-order valence-corrected chi connectivity index (χ2v) is 7.79. The molecule has 2 spiro atoms. The summed E-state index contributed by atoms with van der Waals surface area (Å²) < 4.78 is 5.53. The highest BCUT2D eigenvalue weighted by atomic mass is 16.5. The molecule has 0 radical (unpaired) electrons. The molecule has 1 saturated carbocycles. The van der Waals surface area contributed by atoms with Crippen LogP contribution in [0.2, 0.25) is 0 Å². The molecule has 25 heavy (non-hydrogen) atoms. The van der Waals surface area contributed by atoms with Crippen molar-refractivity contribution in [1.29, 1.82) is 0 Å². The van der Waals surface area contributed by atoms with Crippen LogP contribution in [0.1, 0.15) is 55.7 Å². The van der Waals surface area contributed by atoms with E-state index in [9.17, 15) is 9.59 Å². The number of carbonyl (C=O) groups is 2. The van der Waals surface area contributed by atoms with E-state index in [1.807, 2.05) is 0 Å². The fraction of sp³-hybridized carbons (Fsp3) is 0.600. The molecule has 5 nitrogen and oxygen atoms in total. The molecule has 3 aliphatic rings. The predicted molar refractivity (Wildman–Crippen MR) is 94.2 cm³/mol. The standard InChI is InChI=1S/C20H26N2O3/c1-3-4-13-5-6-14-12-19(9-7-15(25-2)8-10-19)20(16(14)11-13)17(23)21-18(24)22-20/h5-6,11,15H,3-4,7-10,12H2,1-2H3,(H2,21,22,23,24)/t15-,19-,20?. The third-order valence-electron chi connectivity index (χ3n) is 6.53. The van der Waals surface area contributed by atoms with E-state index in [-0.39, 0.29) is 23.5 Å². The number of hydrogen-bond donors (Lipinski definition) is 2. The number of rotatable bonds is 3. The van der Waals surface area contributed by atoms with Crippen LogP contribution in [-0.2, 0) is 27.9 Å². The minimum absolute atomic E-state index is 0.180. The lowest BCUT2D eigenvalue weighted by Crippen LogP contribution is -2.56. The van der Waals surface area contributed by atoms with Gasteiger partial charge in [0, 0.05) is 12.5 Å². The first-order valence-corrected chi connectivity index (χ1v) is 9.33. The highest BCUT2D eigenvalue weighted by Crippen LogP contribution is 2.59. The van der Waals surface area contributed by atoms with Crippen LogP contribution < -0.4 is 10.6 Å². The number of carbonyl (C=O) groups excluding carboxylic acids is 2. The maximum absolute atomic E-state index is 13.0. The maximum Gasteiger partial charge on any atom is 0.322 e. The molecule has 1 unspecified atom stereocenters. The van der Waals surface area contributed by atoms with Crippen molar-refractivity contribution in [3.05, 3.63) is 34.9 Å². The Morgan fingerprint density at radius 3 is 2.60 bits per heavy atom. The molecule has 5 heteroatoms. The van der Waals surface area contributed by atoms with Gasteiger partial charge < -0.3 is 10.1 Å². The number of fused-ring (bicyclic) bond motifs is 3. The van der Waals surface area contributed by atoms with Gasteiger partial charge in [-0.3, -0.25) is 10.1 Å². The van der Waals surface area contributed by atoms with Gasteiger partial charge in [0.1, 0.15) is 0 Å². The highest BCUT2D eigenvalue weighted by molar-refractivity contribution is 6.08. The molecule has 0 bridgehead atoms. The lowest BCUT2D eigenvalue weighted by atomic mass is 9.61. The van der Waals surface area contributed by atoms with Crippen molar-refractivity contribution in [1.82, 2.24) is 10.6 Å². The van der Waals surface area contributed by atoms with Crippen LogP contribution in [-0.4, -0.2) is 25.2 Å². The molecule has 3 amide bonds. The summed E-state index contributed by atoms with van der Waals surface area (Å²) in [5.41, 5.74) is 2.29. The van der Waals surface area contributed by atoms with Crippen LogP contribution in [0.4, 0.5) is 4.79 Å². The van der Waals surface area contributed by atoms with E-state index >= 15 is 0 Å². The molecule has 2 aliphatic carbocycles. The van der Waals surface area contributed by atoms with Gasteiger partial charge in [-0.25, -0.2) is 4.79 Å². The Hall–Kier alpha value is -1.88. The topological polar surface area (TPSA) is 67.4 Å². The first kappa shape index (κ1) is 16.6. The second kappa shape index (κ2) is 5.84. The van der Waals surface area contributed by atoms with Crippen molar-refractivity contribution in [2.24, 2.45) is 5.41 Å².